The lowest BCUT2D eigenvalue weighted by molar-refractivity contribution is -0.116. The molecule has 3 aromatic rings. The summed E-state index contributed by atoms with van der Waals surface area (Å²) in [5.74, 6) is -1.17. The molecule has 2 aromatic carbocycles. The number of hydrogen-bond acceptors (Lipinski definition) is 4. The van der Waals surface area contributed by atoms with Crippen molar-refractivity contribution in [1.29, 1.82) is 0 Å². The van der Waals surface area contributed by atoms with Crippen LogP contribution in [0.25, 0.3) is 5.69 Å². The number of nitrogens with one attached hydrogen (secondary N) is 2. The molecule has 0 saturated heterocycles. The Hall–Kier alpha value is -3.81. The number of anilines is 1. The average molecular weight is 420 g/mol. The van der Waals surface area contributed by atoms with Crippen molar-refractivity contribution in [3.05, 3.63) is 87.1 Å². The summed E-state index contributed by atoms with van der Waals surface area (Å²) in [5, 5.41) is 9.74. The van der Waals surface area contributed by atoms with Crippen molar-refractivity contribution < 1.29 is 14.0 Å². The second-order valence-corrected chi connectivity index (χ2v) is 7.52. The number of benzene rings is 2. The standard InChI is InChI=1S/C23H21FN4O3/c1-13-11-20(29)22(27-28(13)19-6-4-3-5-17(19)24)23(31)25-14(2)15-7-9-18-16(12-15)8-10-21(30)26-18/h3-7,9,11-12,14H,8,10H2,1-2H3,(H,25,31)(H,26,30)/t14-/m0/s1. The topological polar surface area (TPSA) is 93.1 Å². The van der Waals surface area contributed by atoms with E-state index in [4.69, 9.17) is 0 Å². The molecule has 2 heterocycles. The van der Waals surface area contributed by atoms with Crippen LogP contribution < -0.4 is 16.1 Å². The Morgan fingerprint density at radius 1 is 1.16 bits per heavy atom. The SMILES string of the molecule is Cc1cc(=O)c(C(=O)N[C@@H](C)c2ccc3c(c2)CCC(=O)N3)nn1-c1ccccc1F. The predicted octanol–water partition coefficient (Wildman–Crippen LogP) is 3.06. The fourth-order valence-corrected chi connectivity index (χ4v) is 3.59. The molecule has 0 spiro atoms. The van der Waals surface area contributed by atoms with Gasteiger partial charge in [0, 0.05) is 23.9 Å². The maximum Gasteiger partial charge on any atom is 0.276 e. The first-order valence-corrected chi connectivity index (χ1v) is 9.93. The minimum absolute atomic E-state index is 0.0156. The van der Waals surface area contributed by atoms with E-state index in [1.807, 2.05) is 12.1 Å². The van der Waals surface area contributed by atoms with E-state index >= 15 is 0 Å². The molecule has 2 amide bonds. The van der Waals surface area contributed by atoms with E-state index in [-0.39, 0.29) is 17.3 Å². The van der Waals surface area contributed by atoms with E-state index < -0.39 is 23.2 Å². The normalized spacial score (nSPS) is 13.8. The van der Waals surface area contributed by atoms with Crippen LogP contribution in [0.4, 0.5) is 10.1 Å². The summed E-state index contributed by atoms with van der Waals surface area (Å²) in [4.78, 5) is 36.8. The van der Waals surface area contributed by atoms with Crippen molar-refractivity contribution in [3.63, 3.8) is 0 Å². The van der Waals surface area contributed by atoms with Gasteiger partial charge >= 0.3 is 0 Å². The quantitative estimate of drug-likeness (QED) is 0.679. The number of nitrogens with zero attached hydrogens (tertiary/aromatic N) is 2. The van der Waals surface area contributed by atoms with Crippen molar-refractivity contribution in [3.8, 4) is 5.69 Å². The van der Waals surface area contributed by atoms with Crippen molar-refractivity contribution in [2.24, 2.45) is 0 Å². The minimum atomic E-state index is -0.645. The van der Waals surface area contributed by atoms with Crippen molar-refractivity contribution in [2.75, 3.05) is 5.32 Å². The van der Waals surface area contributed by atoms with Crippen LogP contribution in [0.2, 0.25) is 0 Å². The van der Waals surface area contributed by atoms with Gasteiger partial charge in [0.1, 0.15) is 11.5 Å². The lowest BCUT2D eigenvalue weighted by Gasteiger charge is -2.20. The van der Waals surface area contributed by atoms with Crippen LogP contribution in [-0.2, 0) is 11.2 Å². The summed E-state index contributed by atoms with van der Waals surface area (Å²) < 4.78 is 15.5. The number of fused-ring (bicyclic) bond motifs is 1. The third-order valence-corrected chi connectivity index (χ3v) is 5.28. The zero-order valence-corrected chi connectivity index (χ0v) is 17.1. The monoisotopic (exact) mass is 420 g/mol. The number of amides is 2. The Labute approximate surface area is 177 Å². The Kier molecular flexibility index (Phi) is 5.37. The second-order valence-electron chi connectivity index (χ2n) is 7.52. The molecule has 0 unspecified atom stereocenters. The van der Waals surface area contributed by atoms with Crippen LogP contribution in [-0.4, -0.2) is 21.6 Å². The molecule has 0 radical (unpaired) electrons. The maximum atomic E-state index is 14.2. The minimum Gasteiger partial charge on any atom is -0.344 e. The lowest BCUT2D eigenvalue weighted by Crippen LogP contribution is -2.33. The summed E-state index contributed by atoms with van der Waals surface area (Å²) in [6.45, 7) is 3.42. The highest BCUT2D eigenvalue weighted by Crippen LogP contribution is 2.26. The number of para-hydroxylation sites is 1. The Balaban J connectivity index is 1.60. The molecule has 31 heavy (non-hydrogen) atoms. The molecule has 8 heteroatoms. The molecular weight excluding hydrogens is 399 g/mol. The molecule has 1 aliphatic heterocycles. The van der Waals surface area contributed by atoms with Crippen molar-refractivity contribution >= 4 is 17.5 Å². The zero-order chi connectivity index (χ0) is 22.1. The maximum absolute atomic E-state index is 14.2. The number of carbonyl (C=O) groups excluding carboxylic acids is 2. The molecule has 2 N–H and O–H groups in total. The van der Waals surface area contributed by atoms with Gasteiger partial charge in [-0.25, -0.2) is 9.07 Å². The van der Waals surface area contributed by atoms with E-state index in [1.165, 1.54) is 22.9 Å². The molecule has 0 bridgehead atoms. The van der Waals surface area contributed by atoms with Gasteiger partial charge in [-0.15, -0.1) is 0 Å². The van der Waals surface area contributed by atoms with Gasteiger partial charge in [-0.2, -0.15) is 5.10 Å². The Morgan fingerprint density at radius 3 is 2.71 bits per heavy atom. The molecule has 0 saturated carbocycles. The van der Waals surface area contributed by atoms with Gasteiger partial charge in [0.25, 0.3) is 5.91 Å². The highest BCUT2D eigenvalue weighted by Gasteiger charge is 2.20. The first-order valence-electron chi connectivity index (χ1n) is 9.93. The fourth-order valence-electron chi connectivity index (χ4n) is 3.59. The van der Waals surface area contributed by atoms with Crippen LogP contribution >= 0.6 is 0 Å². The van der Waals surface area contributed by atoms with Crippen LogP contribution in [0, 0.1) is 12.7 Å². The van der Waals surface area contributed by atoms with Gasteiger partial charge < -0.3 is 10.6 Å². The molecule has 1 aromatic heterocycles. The first kappa shape index (κ1) is 20.5. The third kappa shape index (κ3) is 4.09. The summed E-state index contributed by atoms with van der Waals surface area (Å²) in [5.41, 5.74) is 2.31. The third-order valence-electron chi connectivity index (χ3n) is 5.28. The molecule has 4 rings (SSSR count). The molecule has 7 nitrogen and oxygen atoms in total. The van der Waals surface area contributed by atoms with Crippen LogP contribution in [0.1, 0.15) is 46.7 Å². The number of halogens is 1. The highest BCUT2D eigenvalue weighted by molar-refractivity contribution is 5.94. The van der Waals surface area contributed by atoms with Crippen molar-refractivity contribution in [2.45, 2.75) is 32.7 Å². The smallest absolute Gasteiger partial charge is 0.276 e. The van der Waals surface area contributed by atoms with Gasteiger partial charge in [0.2, 0.25) is 11.3 Å². The summed E-state index contributed by atoms with van der Waals surface area (Å²) in [7, 11) is 0. The molecular formula is C23H21FN4O3. The summed E-state index contributed by atoms with van der Waals surface area (Å²) >= 11 is 0. The highest BCUT2D eigenvalue weighted by atomic mass is 19.1. The van der Waals surface area contributed by atoms with Gasteiger partial charge in [0.15, 0.2) is 5.69 Å². The van der Waals surface area contributed by atoms with E-state index in [1.54, 1.807) is 32.0 Å². The van der Waals surface area contributed by atoms with Gasteiger partial charge in [-0.05, 0) is 49.6 Å². The van der Waals surface area contributed by atoms with E-state index in [2.05, 4.69) is 15.7 Å². The molecule has 1 atom stereocenters. The Bertz CT molecular complexity index is 1250. The fraction of sp³-hybridized carbons (Fsp3) is 0.217. The number of hydrogen-bond donors (Lipinski definition) is 2. The van der Waals surface area contributed by atoms with E-state index in [9.17, 15) is 18.8 Å². The molecule has 0 fully saturated rings. The van der Waals surface area contributed by atoms with Crippen molar-refractivity contribution in [1.82, 2.24) is 15.1 Å². The number of rotatable bonds is 4. The Morgan fingerprint density at radius 2 is 1.94 bits per heavy atom. The number of carbonyl (C=O) groups is 2. The number of aromatic nitrogens is 2. The first-order chi connectivity index (χ1) is 14.8. The van der Waals surface area contributed by atoms with Gasteiger partial charge in [-0.3, -0.25) is 14.4 Å². The van der Waals surface area contributed by atoms with E-state index in [0.717, 1.165) is 16.8 Å². The molecule has 1 aliphatic rings. The molecule has 0 aliphatic carbocycles. The predicted molar refractivity (Wildman–Crippen MR) is 114 cm³/mol. The van der Waals surface area contributed by atoms with Crippen LogP contribution in [0.5, 0.6) is 0 Å². The van der Waals surface area contributed by atoms with Gasteiger partial charge in [-0.1, -0.05) is 24.3 Å². The van der Waals surface area contributed by atoms with E-state index in [0.29, 0.717) is 18.5 Å². The average Bonchev–Trinajstić information content (AvgIpc) is 2.74. The van der Waals surface area contributed by atoms with Crippen LogP contribution in [0.15, 0.2) is 53.3 Å². The summed E-state index contributed by atoms with van der Waals surface area (Å²) in [6.07, 6.45) is 1.04. The summed E-state index contributed by atoms with van der Waals surface area (Å²) in [6, 6.07) is 12.4. The lowest BCUT2D eigenvalue weighted by atomic mass is 9.98. The largest absolute Gasteiger partial charge is 0.344 e. The number of aryl methyl sites for hydroxylation is 2. The zero-order valence-electron chi connectivity index (χ0n) is 17.1. The second kappa shape index (κ2) is 8.14. The molecule has 158 valence electrons. The van der Waals surface area contributed by atoms with Gasteiger partial charge in [0.05, 0.1) is 6.04 Å². The van der Waals surface area contributed by atoms with Crippen LogP contribution in [0.3, 0.4) is 0 Å².